The maximum atomic E-state index is 13.2. The fraction of sp³-hybridized carbons (Fsp3) is 0.417. The van der Waals surface area contributed by atoms with Gasteiger partial charge in [-0.1, -0.05) is 13.0 Å². The molecule has 0 aliphatic heterocycles. The second-order valence-corrected chi connectivity index (χ2v) is 4.61. The van der Waals surface area contributed by atoms with Crippen molar-refractivity contribution >= 4 is 17.5 Å². The van der Waals surface area contributed by atoms with E-state index < -0.39 is 11.6 Å². The Hall–Kier alpha value is -0.900. The Morgan fingerprint density at radius 2 is 2.12 bits per heavy atom. The molecule has 1 aromatic rings. The van der Waals surface area contributed by atoms with Crippen LogP contribution in [0.1, 0.15) is 18.9 Å². The van der Waals surface area contributed by atoms with Crippen molar-refractivity contribution in [3.05, 3.63) is 35.4 Å². The van der Waals surface area contributed by atoms with Crippen LogP contribution in [0.4, 0.5) is 8.78 Å². The summed E-state index contributed by atoms with van der Waals surface area (Å²) in [5, 5.41) is 0. The van der Waals surface area contributed by atoms with Crippen molar-refractivity contribution in [1.82, 2.24) is 0 Å². The van der Waals surface area contributed by atoms with Crippen molar-refractivity contribution in [2.75, 3.05) is 11.5 Å². The minimum atomic E-state index is -0.645. The van der Waals surface area contributed by atoms with E-state index in [1.807, 2.05) is 6.92 Å². The molecule has 0 radical (unpaired) electrons. The van der Waals surface area contributed by atoms with Gasteiger partial charge in [0.2, 0.25) is 0 Å². The summed E-state index contributed by atoms with van der Waals surface area (Å²) in [4.78, 5) is 11.4. The second kappa shape index (κ2) is 6.63. The van der Waals surface area contributed by atoms with Crippen molar-refractivity contribution in [2.24, 2.45) is 0 Å². The molecule has 0 aliphatic carbocycles. The smallest absolute Gasteiger partial charge is 0.147 e. The zero-order valence-electron chi connectivity index (χ0n) is 9.13. The van der Waals surface area contributed by atoms with E-state index in [2.05, 4.69) is 0 Å². The zero-order valence-corrected chi connectivity index (χ0v) is 9.95. The number of hydrogen-bond acceptors (Lipinski definition) is 2. The third kappa shape index (κ3) is 4.31. The van der Waals surface area contributed by atoms with Crippen LogP contribution < -0.4 is 0 Å². The molecule has 0 aliphatic rings. The number of ketones is 1. The fourth-order valence-corrected chi connectivity index (χ4v) is 2.02. The second-order valence-electron chi connectivity index (χ2n) is 3.50. The Balaban J connectivity index is 2.49. The molecule has 0 saturated carbocycles. The summed E-state index contributed by atoms with van der Waals surface area (Å²) in [6, 6.07) is 3.31. The van der Waals surface area contributed by atoms with Crippen LogP contribution in [-0.2, 0) is 11.2 Å². The molecule has 0 amide bonds. The van der Waals surface area contributed by atoms with Crippen LogP contribution in [0, 0.1) is 11.6 Å². The fourth-order valence-electron chi connectivity index (χ4n) is 1.26. The van der Waals surface area contributed by atoms with Crippen molar-refractivity contribution < 1.29 is 13.6 Å². The van der Waals surface area contributed by atoms with Gasteiger partial charge in [-0.25, -0.2) is 8.78 Å². The van der Waals surface area contributed by atoms with Crippen molar-refractivity contribution in [2.45, 2.75) is 19.8 Å². The lowest BCUT2D eigenvalue weighted by atomic mass is 10.1. The molecule has 0 fully saturated rings. The topological polar surface area (TPSA) is 17.1 Å². The number of carbonyl (C=O) groups is 1. The van der Waals surface area contributed by atoms with Crippen LogP contribution in [0.2, 0.25) is 0 Å². The number of rotatable bonds is 6. The lowest BCUT2D eigenvalue weighted by molar-refractivity contribution is -0.116. The summed E-state index contributed by atoms with van der Waals surface area (Å²) in [7, 11) is 0. The average Bonchev–Trinajstić information content (AvgIpc) is 2.23. The van der Waals surface area contributed by atoms with Crippen molar-refractivity contribution in [1.29, 1.82) is 0 Å². The molecule has 0 heterocycles. The number of hydrogen-bond donors (Lipinski definition) is 0. The van der Waals surface area contributed by atoms with Gasteiger partial charge in [-0.05, 0) is 23.8 Å². The quantitative estimate of drug-likeness (QED) is 0.715. The van der Waals surface area contributed by atoms with E-state index in [0.717, 1.165) is 18.2 Å². The van der Waals surface area contributed by atoms with E-state index in [4.69, 9.17) is 0 Å². The van der Waals surface area contributed by atoms with E-state index in [1.165, 1.54) is 12.1 Å². The first-order valence-electron chi connectivity index (χ1n) is 5.17. The maximum absolute atomic E-state index is 13.2. The maximum Gasteiger partial charge on any atom is 0.147 e. The van der Waals surface area contributed by atoms with Gasteiger partial charge in [0, 0.05) is 12.5 Å². The Kier molecular flexibility index (Phi) is 5.46. The highest BCUT2D eigenvalue weighted by Gasteiger charge is 2.08. The van der Waals surface area contributed by atoms with E-state index in [1.54, 1.807) is 11.8 Å². The van der Waals surface area contributed by atoms with Gasteiger partial charge in [0.05, 0.1) is 5.75 Å². The number of halogens is 2. The Labute approximate surface area is 98.2 Å². The summed E-state index contributed by atoms with van der Waals surface area (Å²) < 4.78 is 25.8. The molecular formula is C12H14F2OS. The highest BCUT2D eigenvalue weighted by Crippen LogP contribution is 2.12. The SMILES string of the molecule is CCCSCC(=O)Cc1ccc(F)cc1F. The van der Waals surface area contributed by atoms with E-state index in [-0.39, 0.29) is 17.8 Å². The summed E-state index contributed by atoms with van der Waals surface area (Å²) in [5.74, 6) is 0.0364. The Morgan fingerprint density at radius 3 is 2.75 bits per heavy atom. The highest BCUT2D eigenvalue weighted by molar-refractivity contribution is 7.99. The largest absolute Gasteiger partial charge is 0.298 e. The van der Waals surface area contributed by atoms with Crippen LogP contribution in [-0.4, -0.2) is 17.3 Å². The van der Waals surface area contributed by atoms with Crippen LogP contribution in [0.3, 0.4) is 0 Å². The number of carbonyl (C=O) groups excluding carboxylic acids is 1. The van der Waals surface area contributed by atoms with Gasteiger partial charge < -0.3 is 0 Å². The normalized spacial score (nSPS) is 10.4. The minimum absolute atomic E-state index is 0.0241. The molecule has 1 rings (SSSR count). The summed E-state index contributed by atoms with van der Waals surface area (Å²) in [6.07, 6.45) is 1.06. The Bertz CT molecular complexity index is 366. The molecule has 0 spiro atoms. The first-order valence-corrected chi connectivity index (χ1v) is 6.32. The molecular weight excluding hydrogens is 230 g/mol. The number of thioether (sulfide) groups is 1. The third-order valence-corrected chi connectivity index (χ3v) is 3.24. The molecule has 0 atom stereocenters. The molecule has 1 nitrogen and oxygen atoms in total. The molecule has 16 heavy (non-hydrogen) atoms. The molecule has 0 aromatic heterocycles. The van der Waals surface area contributed by atoms with Gasteiger partial charge >= 0.3 is 0 Å². The standard InChI is InChI=1S/C12H14F2OS/c1-2-5-16-8-11(15)6-9-3-4-10(13)7-12(9)14/h3-4,7H,2,5-6,8H2,1H3. The molecule has 0 N–H and O–H groups in total. The number of Topliss-reactive ketones (excluding diaryl/α,β-unsaturated/α-hetero) is 1. The van der Waals surface area contributed by atoms with Crippen molar-refractivity contribution in [3.63, 3.8) is 0 Å². The van der Waals surface area contributed by atoms with Crippen molar-refractivity contribution in [3.8, 4) is 0 Å². The van der Waals surface area contributed by atoms with Crippen LogP contribution in [0.5, 0.6) is 0 Å². The van der Waals surface area contributed by atoms with Gasteiger partial charge in [-0.2, -0.15) is 11.8 Å². The molecule has 0 bridgehead atoms. The predicted molar refractivity (Wildman–Crippen MR) is 62.7 cm³/mol. The first-order chi connectivity index (χ1) is 7.63. The summed E-state index contributed by atoms with van der Waals surface area (Å²) in [6.45, 7) is 2.04. The van der Waals surface area contributed by atoms with Gasteiger partial charge in [-0.3, -0.25) is 4.79 Å². The van der Waals surface area contributed by atoms with E-state index in [0.29, 0.717) is 5.75 Å². The van der Waals surface area contributed by atoms with Crippen LogP contribution in [0.15, 0.2) is 18.2 Å². The molecule has 0 unspecified atom stereocenters. The third-order valence-electron chi connectivity index (χ3n) is 2.01. The van der Waals surface area contributed by atoms with E-state index in [9.17, 15) is 13.6 Å². The molecule has 4 heteroatoms. The number of benzene rings is 1. The van der Waals surface area contributed by atoms with Gasteiger partial charge in [-0.15, -0.1) is 0 Å². The van der Waals surface area contributed by atoms with Crippen LogP contribution in [0.25, 0.3) is 0 Å². The van der Waals surface area contributed by atoms with Crippen LogP contribution >= 0.6 is 11.8 Å². The monoisotopic (exact) mass is 244 g/mol. The van der Waals surface area contributed by atoms with Gasteiger partial charge in [0.1, 0.15) is 17.4 Å². The molecule has 0 saturated heterocycles. The first kappa shape index (κ1) is 13.2. The lowest BCUT2D eigenvalue weighted by Crippen LogP contribution is -2.07. The minimum Gasteiger partial charge on any atom is -0.298 e. The van der Waals surface area contributed by atoms with E-state index >= 15 is 0 Å². The molecule has 1 aromatic carbocycles. The lowest BCUT2D eigenvalue weighted by Gasteiger charge is -2.02. The van der Waals surface area contributed by atoms with Gasteiger partial charge in [0.25, 0.3) is 0 Å². The predicted octanol–water partition coefficient (Wildman–Crippen LogP) is 3.22. The average molecular weight is 244 g/mol. The highest BCUT2D eigenvalue weighted by atomic mass is 32.2. The zero-order chi connectivity index (χ0) is 12.0. The summed E-state index contributed by atoms with van der Waals surface area (Å²) in [5.41, 5.74) is 0.267. The Morgan fingerprint density at radius 1 is 1.38 bits per heavy atom. The summed E-state index contributed by atoms with van der Waals surface area (Å²) >= 11 is 1.54. The van der Waals surface area contributed by atoms with Gasteiger partial charge in [0.15, 0.2) is 0 Å². The molecule has 88 valence electrons.